The highest BCUT2D eigenvalue weighted by atomic mass is 16.5. The second kappa shape index (κ2) is 2.21. The molecule has 0 N–H and O–H groups in total. The fourth-order valence-electron chi connectivity index (χ4n) is 2.23. The summed E-state index contributed by atoms with van der Waals surface area (Å²) in [4.78, 5) is 2.48. The molecule has 3 fully saturated rings. The standard InChI is InChI=1S/C8H15NO/c1-9-6-3-7(9)5-8(4-6)10-2/h6-8H,3-5H2,1-2H3. The monoisotopic (exact) mass is 141 g/mol. The van der Waals surface area contributed by atoms with Gasteiger partial charge in [0.1, 0.15) is 0 Å². The van der Waals surface area contributed by atoms with Crippen LogP contribution in [0.1, 0.15) is 19.3 Å². The Hall–Kier alpha value is -0.0800. The second-order valence-corrected chi connectivity index (χ2v) is 3.54. The molecule has 10 heavy (non-hydrogen) atoms. The van der Waals surface area contributed by atoms with E-state index in [-0.39, 0.29) is 0 Å². The van der Waals surface area contributed by atoms with E-state index in [1.54, 1.807) is 0 Å². The number of ether oxygens (including phenoxy) is 1. The van der Waals surface area contributed by atoms with Crippen molar-refractivity contribution in [2.24, 2.45) is 0 Å². The van der Waals surface area contributed by atoms with Gasteiger partial charge in [-0.25, -0.2) is 0 Å². The Balaban J connectivity index is 1.93. The number of nitrogens with zero attached hydrogens (tertiary/aromatic N) is 1. The zero-order valence-electron chi connectivity index (χ0n) is 6.71. The van der Waals surface area contributed by atoms with Crippen molar-refractivity contribution in [1.29, 1.82) is 0 Å². The summed E-state index contributed by atoms with van der Waals surface area (Å²) >= 11 is 0. The molecule has 0 aromatic carbocycles. The van der Waals surface area contributed by atoms with Crippen molar-refractivity contribution < 1.29 is 4.74 Å². The second-order valence-electron chi connectivity index (χ2n) is 3.54. The average Bonchev–Trinajstić information content (AvgIpc) is 2.04. The lowest BCUT2D eigenvalue weighted by Gasteiger charge is -2.53. The van der Waals surface area contributed by atoms with Crippen LogP contribution >= 0.6 is 0 Å². The molecule has 3 aliphatic rings. The van der Waals surface area contributed by atoms with Crippen molar-refractivity contribution in [3.63, 3.8) is 0 Å². The lowest BCUT2D eigenvalue weighted by molar-refractivity contribution is -0.0786. The van der Waals surface area contributed by atoms with Gasteiger partial charge in [-0.1, -0.05) is 0 Å². The Morgan fingerprint density at radius 1 is 1.20 bits per heavy atom. The van der Waals surface area contributed by atoms with Gasteiger partial charge in [-0.15, -0.1) is 0 Å². The molecule has 0 aromatic rings. The van der Waals surface area contributed by atoms with Crippen LogP contribution in [0, 0.1) is 0 Å². The van der Waals surface area contributed by atoms with Crippen LogP contribution in [0.25, 0.3) is 0 Å². The molecule has 2 bridgehead atoms. The summed E-state index contributed by atoms with van der Waals surface area (Å²) in [6, 6.07) is 1.67. The number of hydrogen-bond acceptors (Lipinski definition) is 2. The Bertz CT molecular complexity index is 125. The first kappa shape index (κ1) is 6.62. The summed E-state index contributed by atoms with van der Waals surface area (Å²) in [5, 5.41) is 0. The lowest BCUT2D eigenvalue weighted by atomic mass is 9.79. The van der Waals surface area contributed by atoms with Gasteiger partial charge in [0, 0.05) is 19.2 Å². The fraction of sp³-hybridized carbons (Fsp3) is 1.00. The molecule has 2 nitrogen and oxygen atoms in total. The maximum absolute atomic E-state index is 5.31. The number of rotatable bonds is 1. The summed E-state index contributed by atoms with van der Waals surface area (Å²) < 4.78 is 5.31. The van der Waals surface area contributed by atoms with Crippen LogP contribution in [-0.4, -0.2) is 37.2 Å². The first-order valence-electron chi connectivity index (χ1n) is 4.06. The van der Waals surface area contributed by atoms with Crippen LogP contribution in [0.2, 0.25) is 0 Å². The smallest absolute Gasteiger partial charge is 0.0601 e. The molecule has 3 rings (SSSR count). The van der Waals surface area contributed by atoms with Crippen molar-refractivity contribution in [1.82, 2.24) is 4.90 Å². The van der Waals surface area contributed by atoms with Crippen LogP contribution in [0.15, 0.2) is 0 Å². The Labute approximate surface area is 62.2 Å². The van der Waals surface area contributed by atoms with E-state index in [0.29, 0.717) is 6.10 Å². The van der Waals surface area contributed by atoms with E-state index in [9.17, 15) is 0 Å². The summed E-state index contributed by atoms with van der Waals surface area (Å²) in [7, 11) is 4.06. The topological polar surface area (TPSA) is 12.5 Å². The first-order valence-corrected chi connectivity index (χ1v) is 4.06. The van der Waals surface area contributed by atoms with E-state index in [1.807, 2.05) is 7.11 Å². The van der Waals surface area contributed by atoms with E-state index in [1.165, 1.54) is 19.3 Å². The van der Waals surface area contributed by atoms with Gasteiger partial charge in [0.2, 0.25) is 0 Å². The van der Waals surface area contributed by atoms with E-state index < -0.39 is 0 Å². The molecule has 2 heteroatoms. The minimum atomic E-state index is 0.556. The molecule has 2 aliphatic heterocycles. The molecular weight excluding hydrogens is 126 g/mol. The molecule has 1 saturated carbocycles. The summed E-state index contributed by atoms with van der Waals surface area (Å²) in [5.74, 6) is 0. The molecule has 2 atom stereocenters. The van der Waals surface area contributed by atoms with Gasteiger partial charge in [-0.3, -0.25) is 0 Å². The highest BCUT2D eigenvalue weighted by molar-refractivity contribution is 4.98. The van der Waals surface area contributed by atoms with Gasteiger partial charge in [0.15, 0.2) is 0 Å². The summed E-state index contributed by atoms with van der Waals surface area (Å²) in [6.45, 7) is 0. The third kappa shape index (κ3) is 0.789. The molecule has 58 valence electrons. The van der Waals surface area contributed by atoms with Crippen molar-refractivity contribution in [2.45, 2.75) is 37.5 Å². The molecule has 0 radical (unpaired) electrons. The van der Waals surface area contributed by atoms with Gasteiger partial charge >= 0.3 is 0 Å². The number of piperidine rings is 1. The maximum atomic E-state index is 5.31. The van der Waals surface area contributed by atoms with Crippen LogP contribution < -0.4 is 0 Å². The van der Waals surface area contributed by atoms with Gasteiger partial charge in [-0.2, -0.15) is 0 Å². The normalized spacial score (nSPS) is 46.8. The molecule has 2 unspecified atom stereocenters. The van der Waals surface area contributed by atoms with Crippen molar-refractivity contribution >= 4 is 0 Å². The largest absolute Gasteiger partial charge is 0.381 e. The van der Waals surface area contributed by atoms with Crippen LogP contribution in [0.4, 0.5) is 0 Å². The summed E-state index contributed by atoms with van der Waals surface area (Å²) in [6.07, 6.45) is 4.48. The lowest BCUT2D eigenvalue weighted by Crippen LogP contribution is -2.60. The third-order valence-corrected chi connectivity index (χ3v) is 3.10. The van der Waals surface area contributed by atoms with E-state index in [0.717, 1.165) is 12.1 Å². The Morgan fingerprint density at radius 2 is 1.80 bits per heavy atom. The van der Waals surface area contributed by atoms with Gasteiger partial charge in [0.05, 0.1) is 6.10 Å². The molecule has 0 spiro atoms. The van der Waals surface area contributed by atoms with E-state index in [4.69, 9.17) is 4.74 Å². The highest BCUT2D eigenvalue weighted by Crippen LogP contribution is 2.37. The predicted octanol–water partition coefficient (Wildman–Crippen LogP) is 0.868. The van der Waals surface area contributed by atoms with Crippen LogP contribution in [-0.2, 0) is 4.74 Å². The van der Waals surface area contributed by atoms with E-state index in [2.05, 4.69) is 11.9 Å². The quantitative estimate of drug-likeness (QED) is 0.537. The molecule has 2 heterocycles. The van der Waals surface area contributed by atoms with E-state index >= 15 is 0 Å². The van der Waals surface area contributed by atoms with Gasteiger partial charge < -0.3 is 9.64 Å². The summed E-state index contributed by atoms with van der Waals surface area (Å²) in [5.41, 5.74) is 0. The zero-order chi connectivity index (χ0) is 7.14. The minimum absolute atomic E-state index is 0.556. The molecular formula is C8H15NO. The molecule has 2 saturated heterocycles. The average molecular weight is 141 g/mol. The van der Waals surface area contributed by atoms with Crippen molar-refractivity contribution in [3.05, 3.63) is 0 Å². The highest BCUT2D eigenvalue weighted by Gasteiger charge is 2.42. The van der Waals surface area contributed by atoms with Gasteiger partial charge in [-0.05, 0) is 26.3 Å². The first-order chi connectivity index (χ1) is 4.81. The Morgan fingerprint density at radius 3 is 2.20 bits per heavy atom. The zero-order valence-corrected chi connectivity index (χ0v) is 6.71. The SMILES string of the molecule is COC1CC2CC(C1)N2C. The Kier molecular flexibility index (Phi) is 1.46. The molecule has 1 aliphatic carbocycles. The number of fused-ring (bicyclic) bond motifs is 2. The van der Waals surface area contributed by atoms with Crippen molar-refractivity contribution in [2.75, 3.05) is 14.2 Å². The number of methoxy groups -OCH3 is 1. The number of hydrogen-bond donors (Lipinski definition) is 0. The van der Waals surface area contributed by atoms with Crippen LogP contribution in [0.5, 0.6) is 0 Å². The third-order valence-electron chi connectivity index (χ3n) is 3.10. The fourth-order valence-corrected chi connectivity index (χ4v) is 2.23. The maximum Gasteiger partial charge on any atom is 0.0601 e. The minimum Gasteiger partial charge on any atom is -0.381 e. The van der Waals surface area contributed by atoms with Crippen LogP contribution in [0.3, 0.4) is 0 Å². The van der Waals surface area contributed by atoms with Crippen molar-refractivity contribution in [3.8, 4) is 0 Å². The predicted molar refractivity (Wildman–Crippen MR) is 40.0 cm³/mol. The molecule has 0 amide bonds. The molecule has 0 aromatic heterocycles. The van der Waals surface area contributed by atoms with Gasteiger partial charge in [0.25, 0.3) is 0 Å².